The van der Waals surface area contributed by atoms with Crippen molar-refractivity contribution >= 4 is 23.7 Å². The molecule has 0 rings (SSSR count). The van der Waals surface area contributed by atoms with E-state index in [-0.39, 0.29) is 12.5 Å². The van der Waals surface area contributed by atoms with Gasteiger partial charge in [-0.05, 0) is 6.42 Å². The zero-order valence-electron chi connectivity index (χ0n) is 15.7. The molecule has 0 aliphatic carbocycles. The molecule has 0 spiro atoms. The molecule has 0 saturated heterocycles. The standard InChI is InChI=1S/C18H33N3O5/c1-2-3-4-5-6-7-8-9-10-11-16(23)20-13-17(24)21-14(18(25)26)12-15(19)22/h14H,2-13H2,1H3,(H2,19,22)(H,20,23)(H,21,24)(H,25,26)/t14-/m0/s1. The number of carboxylic acid groups (broad SMARTS) is 1. The zero-order chi connectivity index (χ0) is 19.8. The molecule has 26 heavy (non-hydrogen) atoms. The quantitative estimate of drug-likeness (QED) is 0.304. The average molecular weight is 371 g/mol. The van der Waals surface area contributed by atoms with Gasteiger partial charge >= 0.3 is 5.97 Å². The lowest BCUT2D eigenvalue weighted by Crippen LogP contribution is -2.47. The van der Waals surface area contributed by atoms with Crippen LogP contribution in [0.1, 0.15) is 77.6 Å². The van der Waals surface area contributed by atoms with Gasteiger partial charge in [0, 0.05) is 6.42 Å². The number of carboxylic acids is 1. The third-order valence-electron chi connectivity index (χ3n) is 3.99. The lowest BCUT2D eigenvalue weighted by molar-refractivity contribution is -0.143. The lowest BCUT2D eigenvalue weighted by Gasteiger charge is -2.13. The smallest absolute Gasteiger partial charge is 0.326 e. The molecule has 8 heteroatoms. The molecular weight excluding hydrogens is 338 g/mol. The molecule has 0 bridgehead atoms. The number of rotatable bonds is 16. The highest BCUT2D eigenvalue weighted by Gasteiger charge is 2.22. The highest BCUT2D eigenvalue weighted by molar-refractivity contribution is 5.90. The van der Waals surface area contributed by atoms with Gasteiger partial charge in [-0.2, -0.15) is 0 Å². The second-order valence-electron chi connectivity index (χ2n) is 6.48. The molecular formula is C18H33N3O5. The first-order valence-corrected chi connectivity index (χ1v) is 9.44. The van der Waals surface area contributed by atoms with E-state index >= 15 is 0 Å². The summed E-state index contributed by atoms with van der Waals surface area (Å²) in [6.07, 6.45) is 10.2. The van der Waals surface area contributed by atoms with E-state index in [2.05, 4.69) is 17.6 Å². The average Bonchev–Trinajstić information content (AvgIpc) is 2.57. The topological polar surface area (TPSA) is 139 Å². The monoisotopic (exact) mass is 371 g/mol. The fourth-order valence-electron chi connectivity index (χ4n) is 2.51. The zero-order valence-corrected chi connectivity index (χ0v) is 15.7. The van der Waals surface area contributed by atoms with E-state index < -0.39 is 30.2 Å². The fraction of sp³-hybridized carbons (Fsp3) is 0.778. The predicted octanol–water partition coefficient (Wildman–Crippen LogP) is 1.47. The molecule has 0 aliphatic heterocycles. The van der Waals surface area contributed by atoms with Crippen molar-refractivity contribution < 1.29 is 24.3 Å². The first-order valence-electron chi connectivity index (χ1n) is 9.44. The normalized spacial score (nSPS) is 11.6. The predicted molar refractivity (Wildman–Crippen MR) is 98.2 cm³/mol. The number of aliphatic carboxylic acids is 1. The van der Waals surface area contributed by atoms with E-state index in [1.165, 1.54) is 38.5 Å². The minimum Gasteiger partial charge on any atom is -0.480 e. The Bertz CT molecular complexity index is 454. The molecule has 8 nitrogen and oxygen atoms in total. The van der Waals surface area contributed by atoms with Crippen LogP contribution in [-0.4, -0.2) is 41.4 Å². The van der Waals surface area contributed by atoms with Crippen LogP contribution >= 0.6 is 0 Å². The van der Waals surface area contributed by atoms with Gasteiger partial charge in [-0.3, -0.25) is 14.4 Å². The number of carbonyl (C=O) groups excluding carboxylic acids is 3. The second-order valence-corrected chi connectivity index (χ2v) is 6.48. The van der Waals surface area contributed by atoms with E-state index in [0.717, 1.165) is 19.3 Å². The van der Waals surface area contributed by atoms with E-state index in [4.69, 9.17) is 10.8 Å². The summed E-state index contributed by atoms with van der Waals surface area (Å²) >= 11 is 0. The number of hydrogen-bond donors (Lipinski definition) is 4. The lowest BCUT2D eigenvalue weighted by atomic mass is 10.1. The van der Waals surface area contributed by atoms with Gasteiger partial charge in [0.05, 0.1) is 13.0 Å². The van der Waals surface area contributed by atoms with Crippen LogP contribution in [0.5, 0.6) is 0 Å². The molecule has 0 aromatic rings. The summed E-state index contributed by atoms with van der Waals surface area (Å²) in [5.41, 5.74) is 4.93. The number of nitrogens with one attached hydrogen (secondary N) is 2. The van der Waals surface area contributed by atoms with Crippen molar-refractivity contribution in [3.63, 3.8) is 0 Å². The molecule has 0 radical (unpaired) electrons. The van der Waals surface area contributed by atoms with Crippen molar-refractivity contribution in [1.82, 2.24) is 10.6 Å². The van der Waals surface area contributed by atoms with E-state index in [9.17, 15) is 19.2 Å². The fourth-order valence-corrected chi connectivity index (χ4v) is 2.51. The number of amides is 3. The molecule has 0 aromatic heterocycles. The molecule has 150 valence electrons. The molecule has 0 heterocycles. The summed E-state index contributed by atoms with van der Waals surface area (Å²) in [5, 5.41) is 13.5. The van der Waals surface area contributed by atoms with Crippen molar-refractivity contribution in [2.24, 2.45) is 5.73 Å². The van der Waals surface area contributed by atoms with Gasteiger partial charge in [-0.15, -0.1) is 0 Å². The summed E-state index contributed by atoms with van der Waals surface area (Å²) in [7, 11) is 0. The van der Waals surface area contributed by atoms with Crippen LogP contribution in [0.15, 0.2) is 0 Å². The molecule has 0 saturated carbocycles. The highest BCUT2D eigenvalue weighted by Crippen LogP contribution is 2.10. The van der Waals surface area contributed by atoms with Crippen LogP contribution in [0.25, 0.3) is 0 Å². The van der Waals surface area contributed by atoms with E-state index in [1.807, 2.05) is 0 Å². The maximum absolute atomic E-state index is 11.7. The molecule has 0 aliphatic rings. The highest BCUT2D eigenvalue weighted by atomic mass is 16.4. The van der Waals surface area contributed by atoms with Crippen LogP contribution in [-0.2, 0) is 19.2 Å². The summed E-state index contributed by atoms with van der Waals surface area (Å²) < 4.78 is 0. The van der Waals surface area contributed by atoms with Crippen molar-refractivity contribution in [1.29, 1.82) is 0 Å². The molecule has 0 aromatic carbocycles. The minimum absolute atomic E-state index is 0.245. The Labute approximate surface area is 155 Å². The van der Waals surface area contributed by atoms with Crippen LogP contribution in [0.4, 0.5) is 0 Å². The van der Waals surface area contributed by atoms with Gasteiger partial charge < -0.3 is 21.5 Å². The van der Waals surface area contributed by atoms with Gasteiger partial charge in [0.25, 0.3) is 0 Å². The minimum atomic E-state index is -1.38. The summed E-state index contributed by atoms with van der Waals surface area (Å²) in [6.45, 7) is 1.87. The summed E-state index contributed by atoms with van der Waals surface area (Å²) in [4.78, 5) is 45.0. The van der Waals surface area contributed by atoms with Crippen molar-refractivity contribution in [3.05, 3.63) is 0 Å². The third-order valence-corrected chi connectivity index (χ3v) is 3.99. The summed E-state index contributed by atoms with van der Waals surface area (Å²) in [5.74, 6) is -3.09. The Hall–Kier alpha value is -2.12. The van der Waals surface area contributed by atoms with Crippen molar-refractivity contribution in [2.75, 3.05) is 6.54 Å². The number of carbonyl (C=O) groups is 4. The molecule has 3 amide bonds. The Morgan fingerprint density at radius 3 is 1.92 bits per heavy atom. The van der Waals surface area contributed by atoms with Crippen LogP contribution in [0, 0.1) is 0 Å². The van der Waals surface area contributed by atoms with E-state index in [0.29, 0.717) is 6.42 Å². The maximum Gasteiger partial charge on any atom is 0.326 e. The Morgan fingerprint density at radius 2 is 1.42 bits per heavy atom. The number of hydrogen-bond acceptors (Lipinski definition) is 4. The van der Waals surface area contributed by atoms with Gasteiger partial charge in [-0.25, -0.2) is 4.79 Å². The summed E-state index contributed by atoms with van der Waals surface area (Å²) in [6, 6.07) is -1.38. The van der Waals surface area contributed by atoms with Crippen molar-refractivity contribution in [2.45, 2.75) is 83.6 Å². The Balaban J connectivity index is 3.73. The van der Waals surface area contributed by atoms with Gasteiger partial charge in [0.15, 0.2) is 0 Å². The Morgan fingerprint density at radius 1 is 0.885 bits per heavy atom. The Kier molecular flexibility index (Phi) is 13.9. The molecule has 0 unspecified atom stereocenters. The van der Waals surface area contributed by atoms with Crippen LogP contribution in [0.3, 0.4) is 0 Å². The molecule has 5 N–H and O–H groups in total. The van der Waals surface area contributed by atoms with Gasteiger partial charge in [0.2, 0.25) is 17.7 Å². The number of nitrogens with two attached hydrogens (primary N) is 1. The largest absolute Gasteiger partial charge is 0.480 e. The van der Waals surface area contributed by atoms with Crippen LogP contribution in [0.2, 0.25) is 0 Å². The van der Waals surface area contributed by atoms with Gasteiger partial charge in [0.1, 0.15) is 6.04 Å². The molecule has 1 atom stereocenters. The third kappa shape index (κ3) is 14.2. The second kappa shape index (κ2) is 15.2. The first kappa shape index (κ1) is 23.9. The molecule has 0 fully saturated rings. The maximum atomic E-state index is 11.7. The van der Waals surface area contributed by atoms with Crippen molar-refractivity contribution in [3.8, 4) is 0 Å². The van der Waals surface area contributed by atoms with E-state index in [1.54, 1.807) is 0 Å². The number of primary amides is 1. The van der Waals surface area contributed by atoms with Crippen LogP contribution < -0.4 is 16.4 Å². The first-order chi connectivity index (χ1) is 12.4. The van der Waals surface area contributed by atoms with Gasteiger partial charge in [-0.1, -0.05) is 58.3 Å². The number of unbranched alkanes of at least 4 members (excludes halogenated alkanes) is 8. The SMILES string of the molecule is CCCCCCCCCCCC(=O)NCC(=O)N[C@@H](CC(N)=O)C(=O)O.